The van der Waals surface area contributed by atoms with Gasteiger partial charge in [-0.3, -0.25) is 19.7 Å². The zero-order valence-corrected chi connectivity index (χ0v) is 10.5. The smallest absolute Gasteiger partial charge is 0.226 e. The van der Waals surface area contributed by atoms with E-state index >= 15 is 0 Å². The standard InChI is InChI=1S/C13H16N2O4/c14-8-2-1-3-9(16)13(8)10(17)4-7-5-11(18)15-12(19)6-7/h7,14,17H,1-6H2,(H,15,18,19). The average molecular weight is 264 g/mol. The van der Waals surface area contributed by atoms with Crippen molar-refractivity contribution in [3.63, 3.8) is 0 Å². The number of Topliss-reactive ketones (excluding diaryl/α,β-unsaturated/α-hetero) is 1. The maximum Gasteiger partial charge on any atom is 0.226 e. The molecule has 2 aliphatic rings. The number of piperidine rings is 1. The molecule has 19 heavy (non-hydrogen) atoms. The van der Waals surface area contributed by atoms with E-state index in [0.717, 1.165) is 0 Å². The summed E-state index contributed by atoms with van der Waals surface area (Å²) in [6.07, 6.45) is 1.87. The maximum atomic E-state index is 11.7. The number of hydrogen-bond acceptors (Lipinski definition) is 5. The molecule has 2 rings (SSSR count). The summed E-state index contributed by atoms with van der Waals surface area (Å²) in [5.41, 5.74) is 0.241. The normalized spacial score (nSPS) is 24.4. The van der Waals surface area contributed by atoms with Gasteiger partial charge >= 0.3 is 0 Å². The molecule has 0 unspecified atom stereocenters. The van der Waals surface area contributed by atoms with Crippen molar-refractivity contribution in [2.45, 2.75) is 38.5 Å². The van der Waals surface area contributed by atoms with E-state index in [2.05, 4.69) is 5.32 Å². The number of hydrogen-bond donors (Lipinski definition) is 3. The number of carbonyl (C=O) groups is 3. The fourth-order valence-electron chi connectivity index (χ4n) is 2.55. The molecule has 1 saturated heterocycles. The van der Waals surface area contributed by atoms with Crippen LogP contribution in [0.3, 0.4) is 0 Å². The molecular weight excluding hydrogens is 248 g/mol. The molecule has 3 N–H and O–H groups in total. The second-order valence-corrected chi connectivity index (χ2v) is 5.03. The molecule has 0 spiro atoms. The fraction of sp³-hybridized carbons (Fsp3) is 0.538. The van der Waals surface area contributed by atoms with E-state index in [1.807, 2.05) is 0 Å². The highest BCUT2D eigenvalue weighted by Gasteiger charge is 2.29. The number of carbonyl (C=O) groups excluding carboxylic acids is 3. The summed E-state index contributed by atoms with van der Waals surface area (Å²) in [5, 5.41) is 19.9. The summed E-state index contributed by atoms with van der Waals surface area (Å²) in [5.74, 6) is -1.38. The molecule has 0 bridgehead atoms. The molecule has 0 aromatic rings. The molecule has 2 fully saturated rings. The molecular formula is C13H16N2O4. The molecule has 0 aromatic carbocycles. The number of imide groups is 1. The number of amides is 2. The van der Waals surface area contributed by atoms with Gasteiger partial charge in [-0.1, -0.05) is 0 Å². The van der Waals surface area contributed by atoms with Crippen LogP contribution < -0.4 is 5.32 Å². The van der Waals surface area contributed by atoms with Crippen molar-refractivity contribution in [1.29, 1.82) is 5.41 Å². The summed E-state index contributed by atoms with van der Waals surface area (Å²) >= 11 is 0. The lowest BCUT2D eigenvalue weighted by Crippen LogP contribution is -2.38. The second-order valence-electron chi connectivity index (χ2n) is 5.03. The number of nitrogens with one attached hydrogen (secondary N) is 2. The highest BCUT2D eigenvalue weighted by molar-refractivity contribution is 6.23. The minimum Gasteiger partial charge on any atom is -0.511 e. The lowest BCUT2D eigenvalue weighted by molar-refractivity contribution is -0.134. The summed E-state index contributed by atoms with van der Waals surface area (Å²) in [4.78, 5) is 34.2. The molecule has 1 saturated carbocycles. The molecule has 0 radical (unpaired) electrons. The highest BCUT2D eigenvalue weighted by atomic mass is 16.3. The number of aliphatic hydroxyl groups is 1. The molecule has 0 aromatic heterocycles. The van der Waals surface area contributed by atoms with Crippen molar-refractivity contribution in [3.8, 4) is 0 Å². The Hall–Kier alpha value is -1.98. The Kier molecular flexibility index (Phi) is 3.78. The number of allylic oxidation sites excluding steroid dienone is 2. The van der Waals surface area contributed by atoms with Crippen LogP contribution >= 0.6 is 0 Å². The van der Waals surface area contributed by atoms with Gasteiger partial charge < -0.3 is 10.5 Å². The Bertz CT molecular complexity index is 459. The predicted molar refractivity (Wildman–Crippen MR) is 66.7 cm³/mol. The van der Waals surface area contributed by atoms with Crippen LogP contribution in [0.4, 0.5) is 0 Å². The third-order valence-corrected chi connectivity index (χ3v) is 3.41. The first kappa shape index (κ1) is 13.5. The highest BCUT2D eigenvalue weighted by Crippen LogP contribution is 2.26. The van der Waals surface area contributed by atoms with E-state index in [1.54, 1.807) is 0 Å². The van der Waals surface area contributed by atoms with E-state index in [0.29, 0.717) is 19.3 Å². The van der Waals surface area contributed by atoms with Gasteiger partial charge in [-0.05, 0) is 18.8 Å². The van der Waals surface area contributed by atoms with Crippen LogP contribution in [-0.4, -0.2) is 28.4 Å². The molecule has 6 heteroatoms. The van der Waals surface area contributed by atoms with Crippen molar-refractivity contribution in [1.82, 2.24) is 5.32 Å². The van der Waals surface area contributed by atoms with Gasteiger partial charge in [-0.25, -0.2) is 0 Å². The van der Waals surface area contributed by atoms with Crippen molar-refractivity contribution in [2.24, 2.45) is 5.92 Å². The van der Waals surface area contributed by atoms with Crippen LogP contribution in [0.2, 0.25) is 0 Å². The van der Waals surface area contributed by atoms with Crippen LogP contribution in [0, 0.1) is 11.3 Å². The van der Waals surface area contributed by atoms with Gasteiger partial charge in [0.2, 0.25) is 11.8 Å². The van der Waals surface area contributed by atoms with Gasteiger partial charge in [0.1, 0.15) is 5.76 Å². The summed E-state index contributed by atoms with van der Waals surface area (Å²) in [7, 11) is 0. The quantitative estimate of drug-likeness (QED) is 0.393. The first-order valence-corrected chi connectivity index (χ1v) is 6.33. The Morgan fingerprint density at radius 3 is 2.42 bits per heavy atom. The Morgan fingerprint density at radius 1 is 1.21 bits per heavy atom. The van der Waals surface area contributed by atoms with Crippen LogP contribution in [0.1, 0.15) is 38.5 Å². The van der Waals surface area contributed by atoms with Gasteiger partial charge in [0.15, 0.2) is 5.78 Å². The molecule has 1 aliphatic heterocycles. The number of ketones is 1. The third kappa shape index (κ3) is 3.07. The van der Waals surface area contributed by atoms with Crippen LogP contribution in [0.25, 0.3) is 0 Å². The van der Waals surface area contributed by atoms with Gasteiger partial charge in [0.05, 0.1) is 5.57 Å². The van der Waals surface area contributed by atoms with Crippen molar-refractivity contribution in [2.75, 3.05) is 0 Å². The third-order valence-electron chi connectivity index (χ3n) is 3.41. The number of rotatable bonds is 2. The Labute approximate surface area is 110 Å². The monoisotopic (exact) mass is 264 g/mol. The lowest BCUT2D eigenvalue weighted by Gasteiger charge is -2.22. The van der Waals surface area contributed by atoms with E-state index in [9.17, 15) is 19.5 Å². The van der Waals surface area contributed by atoms with Crippen LogP contribution in [-0.2, 0) is 14.4 Å². The lowest BCUT2D eigenvalue weighted by atomic mass is 9.86. The topological polar surface area (TPSA) is 107 Å². The largest absolute Gasteiger partial charge is 0.511 e. The predicted octanol–water partition coefficient (Wildman–Crippen LogP) is 1.01. The van der Waals surface area contributed by atoms with Gasteiger partial charge in [0, 0.05) is 31.4 Å². The minimum atomic E-state index is -0.357. The molecule has 102 valence electrons. The van der Waals surface area contributed by atoms with E-state index < -0.39 is 0 Å². The van der Waals surface area contributed by atoms with E-state index in [-0.39, 0.29) is 59.8 Å². The van der Waals surface area contributed by atoms with Crippen LogP contribution in [0.5, 0.6) is 0 Å². The molecule has 2 amide bonds. The average Bonchev–Trinajstić information content (AvgIpc) is 2.26. The van der Waals surface area contributed by atoms with Crippen LogP contribution in [0.15, 0.2) is 11.3 Å². The summed E-state index contributed by atoms with van der Waals surface area (Å²) in [6, 6.07) is 0. The summed E-state index contributed by atoms with van der Waals surface area (Å²) in [6.45, 7) is 0. The molecule has 6 nitrogen and oxygen atoms in total. The van der Waals surface area contributed by atoms with Crippen molar-refractivity contribution >= 4 is 23.3 Å². The van der Waals surface area contributed by atoms with E-state index in [4.69, 9.17) is 5.41 Å². The maximum absolute atomic E-state index is 11.7. The molecule has 1 heterocycles. The van der Waals surface area contributed by atoms with Gasteiger partial charge in [-0.15, -0.1) is 0 Å². The fourth-order valence-corrected chi connectivity index (χ4v) is 2.55. The zero-order valence-electron chi connectivity index (χ0n) is 10.5. The molecule has 1 aliphatic carbocycles. The van der Waals surface area contributed by atoms with E-state index in [1.165, 1.54) is 0 Å². The zero-order chi connectivity index (χ0) is 14.0. The second kappa shape index (κ2) is 5.34. The first-order chi connectivity index (χ1) is 8.97. The van der Waals surface area contributed by atoms with Gasteiger partial charge in [0.25, 0.3) is 0 Å². The number of aliphatic hydroxyl groups excluding tert-OH is 1. The molecule has 0 atom stereocenters. The summed E-state index contributed by atoms with van der Waals surface area (Å²) < 4.78 is 0. The Balaban J connectivity index is 2.12. The SMILES string of the molecule is N=C1CCCC(=O)C1=C(O)CC1CC(=O)NC(=O)C1. The van der Waals surface area contributed by atoms with Crippen molar-refractivity contribution < 1.29 is 19.5 Å². The Morgan fingerprint density at radius 2 is 1.84 bits per heavy atom. The van der Waals surface area contributed by atoms with Gasteiger partial charge in [-0.2, -0.15) is 0 Å². The minimum absolute atomic E-state index is 0.0877. The first-order valence-electron chi connectivity index (χ1n) is 6.33. The van der Waals surface area contributed by atoms with Crippen molar-refractivity contribution in [3.05, 3.63) is 11.3 Å².